The van der Waals surface area contributed by atoms with Crippen molar-refractivity contribution in [1.82, 2.24) is 10.2 Å². The molecule has 0 bridgehead atoms. The molecular formula is C12H14N2. The standard InChI is InChI=1S/C12H14N2/c1-12(2,3)11-10-7-5-4-6-9(10)8-13-14-11/h4-8H,1-3H3. The first-order valence-corrected chi connectivity index (χ1v) is 4.80. The van der Waals surface area contributed by atoms with Crippen molar-refractivity contribution >= 4 is 10.8 Å². The van der Waals surface area contributed by atoms with Crippen LogP contribution in [0.3, 0.4) is 0 Å². The van der Waals surface area contributed by atoms with Gasteiger partial charge < -0.3 is 0 Å². The van der Waals surface area contributed by atoms with Gasteiger partial charge in [-0.1, -0.05) is 45.0 Å². The summed E-state index contributed by atoms with van der Waals surface area (Å²) < 4.78 is 0. The molecule has 2 aromatic rings. The maximum absolute atomic E-state index is 4.23. The van der Waals surface area contributed by atoms with Crippen LogP contribution in [0.4, 0.5) is 0 Å². The van der Waals surface area contributed by atoms with E-state index < -0.39 is 0 Å². The topological polar surface area (TPSA) is 25.8 Å². The molecule has 1 aromatic heterocycles. The van der Waals surface area contributed by atoms with Crippen molar-refractivity contribution in [3.8, 4) is 0 Å². The lowest BCUT2D eigenvalue weighted by Crippen LogP contribution is -2.14. The second-order valence-electron chi connectivity index (χ2n) is 4.53. The first kappa shape index (κ1) is 9.13. The smallest absolute Gasteiger partial charge is 0.0762 e. The molecule has 0 aliphatic rings. The molecule has 72 valence electrons. The summed E-state index contributed by atoms with van der Waals surface area (Å²) in [5.74, 6) is 0. The minimum absolute atomic E-state index is 0.0495. The van der Waals surface area contributed by atoms with Crippen LogP contribution in [-0.2, 0) is 5.41 Å². The highest BCUT2D eigenvalue weighted by Crippen LogP contribution is 2.26. The van der Waals surface area contributed by atoms with Gasteiger partial charge in [-0.05, 0) is 0 Å². The molecule has 0 unspecified atom stereocenters. The van der Waals surface area contributed by atoms with Gasteiger partial charge in [0, 0.05) is 16.2 Å². The highest BCUT2D eigenvalue weighted by atomic mass is 15.1. The van der Waals surface area contributed by atoms with Gasteiger partial charge in [-0.15, -0.1) is 0 Å². The van der Waals surface area contributed by atoms with E-state index >= 15 is 0 Å². The summed E-state index contributed by atoms with van der Waals surface area (Å²) in [6.45, 7) is 6.47. The van der Waals surface area contributed by atoms with E-state index in [0.29, 0.717) is 0 Å². The lowest BCUT2D eigenvalue weighted by atomic mass is 9.89. The van der Waals surface area contributed by atoms with Crippen LogP contribution < -0.4 is 0 Å². The minimum atomic E-state index is 0.0495. The fraction of sp³-hybridized carbons (Fsp3) is 0.333. The first-order valence-electron chi connectivity index (χ1n) is 4.80. The molecule has 0 N–H and O–H groups in total. The summed E-state index contributed by atoms with van der Waals surface area (Å²) in [5, 5.41) is 10.6. The molecule has 0 saturated heterocycles. The molecule has 2 nitrogen and oxygen atoms in total. The number of aromatic nitrogens is 2. The Labute approximate surface area is 84.0 Å². The maximum Gasteiger partial charge on any atom is 0.0762 e. The number of nitrogens with zero attached hydrogens (tertiary/aromatic N) is 2. The zero-order valence-electron chi connectivity index (χ0n) is 8.78. The van der Waals surface area contributed by atoms with E-state index in [4.69, 9.17) is 0 Å². The lowest BCUT2D eigenvalue weighted by molar-refractivity contribution is 0.566. The largest absolute Gasteiger partial charge is 0.158 e. The third-order valence-electron chi connectivity index (χ3n) is 2.28. The number of hydrogen-bond donors (Lipinski definition) is 0. The second-order valence-corrected chi connectivity index (χ2v) is 4.53. The Bertz CT molecular complexity index is 450. The Morgan fingerprint density at radius 1 is 1.07 bits per heavy atom. The van der Waals surface area contributed by atoms with Crippen molar-refractivity contribution in [3.05, 3.63) is 36.2 Å². The predicted octanol–water partition coefficient (Wildman–Crippen LogP) is 2.93. The first-order chi connectivity index (χ1) is 6.59. The van der Waals surface area contributed by atoms with Crippen molar-refractivity contribution in [2.75, 3.05) is 0 Å². The third kappa shape index (κ3) is 1.48. The SMILES string of the molecule is CC(C)(C)c1nncc2ccccc12. The second kappa shape index (κ2) is 3.05. The molecule has 0 fully saturated rings. The fourth-order valence-electron chi connectivity index (χ4n) is 1.58. The maximum atomic E-state index is 4.23. The van der Waals surface area contributed by atoms with Crippen molar-refractivity contribution in [3.63, 3.8) is 0 Å². The molecule has 2 rings (SSSR count). The van der Waals surface area contributed by atoms with Gasteiger partial charge in [0.2, 0.25) is 0 Å². The Hall–Kier alpha value is -1.44. The van der Waals surface area contributed by atoms with E-state index in [1.807, 2.05) is 18.3 Å². The molecule has 2 heteroatoms. The molecule has 0 amide bonds. The Kier molecular flexibility index (Phi) is 1.99. The third-order valence-corrected chi connectivity index (χ3v) is 2.28. The van der Waals surface area contributed by atoms with Gasteiger partial charge in [0.15, 0.2) is 0 Å². The summed E-state index contributed by atoms with van der Waals surface area (Å²) in [6, 6.07) is 8.24. The van der Waals surface area contributed by atoms with E-state index in [1.165, 1.54) is 5.39 Å². The predicted molar refractivity (Wildman–Crippen MR) is 58.2 cm³/mol. The molecule has 0 saturated carbocycles. The van der Waals surface area contributed by atoms with Crippen LogP contribution in [0.15, 0.2) is 30.5 Å². The van der Waals surface area contributed by atoms with Gasteiger partial charge in [-0.2, -0.15) is 10.2 Å². The minimum Gasteiger partial charge on any atom is -0.158 e. The summed E-state index contributed by atoms with van der Waals surface area (Å²) in [5.41, 5.74) is 1.11. The molecule has 14 heavy (non-hydrogen) atoms. The van der Waals surface area contributed by atoms with Crippen LogP contribution in [0.5, 0.6) is 0 Å². The van der Waals surface area contributed by atoms with Gasteiger partial charge in [0.05, 0.1) is 11.9 Å². The van der Waals surface area contributed by atoms with E-state index in [9.17, 15) is 0 Å². The van der Waals surface area contributed by atoms with Crippen LogP contribution in [-0.4, -0.2) is 10.2 Å². The summed E-state index contributed by atoms with van der Waals surface area (Å²) in [6.07, 6.45) is 1.81. The monoisotopic (exact) mass is 186 g/mol. The number of fused-ring (bicyclic) bond motifs is 1. The van der Waals surface area contributed by atoms with Crippen LogP contribution in [0.25, 0.3) is 10.8 Å². The molecular weight excluding hydrogens is 172 g/mol. The van der Waals surface area contributed by atoms with E-state index in [0.717, 1.165) is 11.1 Å². The Morgan fingerprint density at radius 2 is 1.79 bits per heavy atom. The Balaban J connectivity index is 2.78. The fourth-order valence-corrected chi connectivity index (χ4v) is 1.58. The van der Waals surface area contributed by atoms with Crippen LogP contribution in [0, 0.1) is 0 Å². The zero-order chi connectivity index (χ0) is 10.2. The molecule has 0 aliphatic carbocycles. The van der Waals surface area contributed by atoms with Gasteiger partial charge in [0.1, 0.15) is 0 Å². The normalized spacial score (nSPS) is 11.9. The summed E-state index contributed by atoms with van der Waals surface area (Å²) in [4.78, 5) is 0. The number of rotatable bonds is 0. The molecule has 0 radical (unpaired) electrons. The average Bonchev–Trinajstić information content (AvgIpc) is 2.15. The molecule has 0 spiro atoms. The van der Waals surface area contributed by atoms with Crippen molar-refractivity contribution < 1.29 is 0 Å². The number of hydrogen-bond acceptors (Lipinski definition) is 2. The van der Waals surface area contributed by atoms with Crippen LogP contribution in [0.1, 0.15) is 26.5 Å². The zero-order valence-corrected chi connectivity index (χ0v) is 8.78. The van der Waals surface area contributed by atoms with E-state index in [-0.39, 0.29) is 5.41 Å². The highest BCUT2D eigenvalue weighted by Gasteiger charge is 2.18. The van der Waals surface area contributed by atoms with Crippen molar-refractivity contribution in [1.29, 1.82) is 0 Å². The van der Waals surface area contributed by atoms with Gasteiger partial charge in [-0.25, -0.2) is 0 Å². The van der Waals surface area contributed by atoms with Gasteiger partial charge in [0.25, 0.3) is 0 Å². The van der Waals surface area contributed by atoms with Crippen LogP contribution >= 0.6 is 0 Å². The average molecular weight is 186 g/mol. The van der Waals surface area contributed by atoms with E-state index in [2.05, 4.69) is 43.1 Å². The highest BCUT2D eigenvalue weighted by molar-refractivity contribution is 5.84. The molecule has 1 heterocycles. The molecule has 0 atom stereocenters. The Morgan fingerprint density at radius 3 is 2.50 bits per heavy atom. The quantitative estimate of drug-likeness (QED) is 0.632. The van der Waals surface area contributed by atoms with Crippen molar-refractivity contribution in [2.45, 2.75) is 26.2 Å². The lowest BCUT2D eigenvalue weighted by Gasteiger charge is -2.18. The van der Waals surface area contributed by atoms with Crippen LogP contribution in [0.2, 0.25) is 0 Å². The summed E-state index contributed by atoms with van der Waals surface area (Å²) >= 11 is 0. The number of benzene rings is 1. The van der Waals surface area contributed by atoms with E-state index in [1.54, 1.807) is 0 Å². The summed E-state index contributed by atoms with van der Waals surface area (Å²) in [7, 11) is 0. The van der Waals surface area contributed by atoms with Gasteiger partial charge >= 0.3 is 0 Å². The molecule has 1 aromatic carbocycles. The molecule has 0 aliphatic heterocycles. The van der Waals surface area contributed by atoms with Gasteiger partial charge in [-0.3, -0.25) is 0 Å². The van der Waals surface area contributed by atoms with Crippen molar-refractivity contribution in [2.24, 2.45) is 0 Å².